The molecular weight excluding hydrogens is 414 g/mol. The number of methoxy groups -OCH3 is 2. The van der Waals surface area contributed by atoms with E-state index in [-0.39, 0.29) is 5.41 Å². The highest BCUT2D eigenvalue weighted by molar-refractivity contribution is 5.45. The van der Waals surface area contributed by atoms with Crippen molar-refractivity contribution in [2.24, 2.45) is 5.41 Å². The largest absolute Gasteiger partial charge is 0.497 e. The number of para-hydroxylation sites is 1. The molecule has 3 aliphatic heterocycles. The van der Waals surface area contributed by atoms with E-state index in [1.54, 1.807) is 14.2 Å². The third-order valence-electron chi connectivity index (χ3n) is 7.78. The second-order valence-corrected chi connectivity index (χ2v) is 9.34. The molecule has 3 heterocycles. The van der Waals surface area contributed by atoms with Crippen LogP contribution >= 0.6 is 0 Å². The van der Waals surface area contributed by atoms with Crippen LogP contribution < -0.4 is 14.3 Å². The highest BCUT2D eigenvalue weighted by Crippen LogP contribution is 2.58. The highest BCUT2D eigenvalue weighted by atomic mass is 16.7. The summed E-state index contributed by atoms with van der Waals surface area (Å²) in [5, 5.41) is 12.7. The number of nitrogens with zero attached hydrogens (tertiary/aromatic N) is 1. The maximum atomic E-state index is 12.7. The summed E-state index contributed by atoms with van der Waals surface area (Å²) in [4.78, 5) is 6.49. The molecule has 6 rings (SSSR count). The molecule has 0 atom stereocenters. The summed E-state index contributed by atoms with van der Waals surface area (Å²) >= 11 is 0. The summed E-state index contributed by atoms with van der Waals surface area (Å²) in [5.41, 5.74) is 0.257. The molecule has 5 nitrogen and oxygen atoms in total. The van der Waals surface area contributed by atoms with Crippen molar-refractivity contribution in [2.75, 3.05) is 33.9 Å². The molecule has 2 bridgehead atoms. The molecule has 5 heteroatoms. The molecule has 0 unspecified atom stereocenters. The van der Waals surface area contributed by atoms with Gasteiger partial charge in [-0.2, -0.15) is 0 Å². The van der Waals surface area contributed by atoms with E-state index in [1.807, 2.05) is 78.9 Å². The number of hydrogen-bond acceptors (Lipinski definition) is 4. The van der Waals surface area contributed by atoms with Crippen molar-refractivity contribution < 1.29 is 24.1 Å². The molecule has 0 aliphatic carbocycles. The maximum absolute atomic E-state index is 12.7. The molecule has 0 spiro atoms. The number of benzene rings is 3. The zero-order chi connectivity index (χ0) is 22.9. The van der Waals surface area contributed by atoms with Gasteiger partial charge < -0.3 is 19.4 Å². The Morgan fingerprint density at radius 1 is 0.697 bits per heavy atom. The van der Waals surface area contributed by atoms with Crippen LogP contribution in [0.25, 0.3) is 0 Å². The molecule has 1 N–H and O–H groups in total. The van der Waals surface area contributed by atoms with Crippen molar-refractivity contribution in [3.63, 3.8) is 0 Å². The van der Waals surface area contributed by atoms with E-state index in [0.29, 0.717) is 4.65 Å². The topological polar surface area (TPSA) is 47.9 Å². The van der Waals surface area contributed by atoms with Crippen LogP contribution in [0.4, 0.5) is 0 Å². The highest BCUT2D eigenvalue weighted by Gasteiger charge is 2.61. The fourth-order valence-electron chi connectivity index (χ4n) is 5.82. The molecule has 33 heavy (non-hydrogen) atoms. The second kappa shape index (κ2) is 8.40. The number of aliphatic hydroxyl groups is 1. The van der Waals surface area contributed by atoms with E-state index in [2.05, 4.69) is 0 Å². The van der Waals surface area contributed by atoms with E-state index >= 15 is 0 Å². The van der Waals surface area contributed by atoms with E-state index in [4.69, 9.17) is 14.3 Å². The van der Waals surface area contributed by atoms with E-state index in [0.717, 1.165) is 67.3 Å². The molecule has 172 valence electrons. The smallest absolute Gasteiger partial charge is 0.190 e. The molecule has 3 aromatic carbocycles. The third-order valence-corrected chi connectivity index (χ3v) is 7.78. The summed E-state index contributed by atoms with van der Waals surface area (Å²) in [6.07, 6.45) is 2.60. The zero-order valence-electron chi connectivity index (χ0n) is 19.4. The van der Waals surface area contributed by atoms with Crippen LogP contribution in [0.5, 0.6) is 17.2 Å². The lowest BCUT2D eigenvalue weighted by atomic mass is 9.57. The van der Waals surface area contributed by atoms with Crippen molar-refractivity contribution in [2.45, 2.75) is 24.9 Å². The van der Waals surface area contributed by atoms with Gasteiger partial charge in [-0.1, -0.05) is 42.5 Å². The average Bonchev–Trinajstić information content (AvgIpc) is 2.89. The van der Waals surface area contributed by atoms with Crippen molar-refractivity contribution >= 4 is 0 Å². The lowest BCUT2D eigenvalue weighted by Gasteiger charge is -2.58. The molecule has 0 amide bonds. The summed E-state index contributed by atoms with van der Waals surface area (Å²) in [6.45, 7) is 2.60. The first-order valence-electron chi connectivity index (χ1n) is 11.6. The van der Waals surface area contributed by atoms with Crippen molar-refractivity contribution in [3.8, 4) is 17.2 Å². The number of hydrogen-bond donors (Lipinski definition) is 1. The van der Waals surface area contributed by atoms with Gasteiger partial charge in [0.1, 0.15) is 36.7 Å². The van der Waals surface area contributed by atoms with Crippen molar-refractivity contribution in [1.29, 1.82) is 0 Å². The van der Waals surface area contributed by atoms with Crippen LogP contribution in [0.3, 0.4) is 0 Å². The van der Waals surface area contributed by atoms with Crippen LogP contribution in [0.2, 0.25) is 0 Å². The molecule has 3 saturated heterocycles. The van der Waals surface area contributed by atoms with Gasteiger partial charge in [-0.05, 0) is 47.5 Å². The summed E-state index contributed by atoms with van der Waals surface area (Å²) in [6, 6.07) is 25.8. The first-order valence-corrected chi connectivity index (χ1v) is 11.6. The van der Waals surface area contributed by atoms with Crippen LogP contribution in [-0.4, -0.2) is 43.6 Å². The number of ether oxygens (including phenoxy) is 2. The first-order chi connectivity index (χ1) is 16.0. The quantitative estimate of drug-likeness (QED) is 0.523. The van der Waals surface area contributed by atoms with E-state index in [9.17, 15) is 5.11 Å². The molecule has 0 saturated carbocycles. The minimum atomic E-state index is -1.17. The van der Waals surface area contributed by atoms with Crippen LogP contribution in [-0.2, 0) is 5.60 Å². The van der Waals surface area contributed by atoms with Gasteiger partial charge in [0.25, 0.3) is 0 Å². The SMILES string of the molecule is COc1cccc(C(O)(c2cccc(OC)c2)C23CC[N+](Oc4ccccc4)(CC2)CC3)c1. The van der Waals surface area contributed by atoms with Gasteiger partial charge in [-0.15, -0.1) is 4.65 Å². The van der Waals surface area contributed by atoms with E-state index in [1.165, 1.54) is 0 Å². The Balaban J connectivity index is 1.54. The Bertz CT molecular complexity index is 1040. The number of rotatable bonds is 7. The lowest BCUT2D eigenvalue weighted by Crippen LogP contribution is -2.67. The molecule has 0 aromatic heterocycles. The molecular formula is C28H32NO4+. The van der Waals surface area contributed by atoms with Crippen molar-refractivity contribution in [1.82, 2.24) is 0 Å². The van der Waals surface area contributed by atoms with Crippen LogP contribution in [0, 0.1) is 5.41 Å². The lowest BCUT2D eigenvalue weighted by molar-refractivity contribution is -1.09. The minimum Gasteiger partial charge on any atom is -0.497 e. The fraction of sp³-hybridized carbons (Fsp3) is 0.357. The van der Waals surface area contributed by atoms with Gasteiger partial charge in [0.15, 0.2) is 5.75 Å². The standard InChI is InChI=1S/C28H32NO4/c1-31-25-12-6-8-22(20-25)28(30,23-9-7-13-26(21-23)32-2)27-14-17-29(18-15-27,19-16-27)33-24-10-4-3-5-11-24/h3-13,20-21,30H,14-19H2,1-2H3/q+1. The van der Waals surface area contributed by atoms with Crippen LogP contribution in [0.15, 0.2) is 78.9 Å². The summed E-state index contributed by atoms with van der Waals surface area (Å²) < 4.78 is 11.7. The summed E-state index contributed by atoms with van der Waals surface area (Å²) in [5.74, 6) is 2.39. The molecule has 3 fully saturated rings. The molecule has 0 radical (unpaired) electrons. The number of hydroxylamine groups is 3. The van der Waals surface area contributed by atoms with Gasteiger partial charge in [-0.25, -0.2) is 0 Å². The first kappa shape index (κ1) is 21.8. The minimum absolute atomic E-state index is 0.300. The summed E-state index contributed by atoms with van der Waals surface area (Å²) in [7, 11) is 3.33. The predicted molar refractivity (Wildman–Crippen MR) is 127 cm³/mol. The number of fused-ring (bicyclic) bond motifs is 3. The van der Waals surface area contributed by atoms with Gasteiger partial charge >= 0.3 is 0 Å². The van der Waals surface area contributed by atoms with Crippen molar-refractivity contribution in [3.05, 3.63) is 90.0 Å². The number of quaternary nitrogens is 1. The Morgan fingerprint density at radius 3 is 1.67 bits per heavy atom. The second-order valence-electron chi connectivity index (χ2n) is 9.34. The normalized spacial score (nSPS) is 24.3. The van der Waals surface area contributed by atoms with Gasteiger partial charge in [0, 0.05) is 24.7 Å². The monoisotopic (exact) mass is 446 g/mol. The molecule has 3 aliphatic rings. The third kappa shape index (κ3) is 3.65. The van der Waals surface area contributed by atoms with Gasteiger partial charge in [-0.3, -0.25) is 0 Å². The average molecular weight is 447 g/mol. The Kier molecular flexibility index (Phi) is 5.55. The van der Waals surface area contributed by atoms with E-state index < -0.39 is 5.60 Å². The number of piperidine rings is 3. The predicted octanol–water partition coefficient (Wildman–Crippen LogP) is 4.93. The van der Waals surface area contributed by atoms with Gasteiger partial charge in [0.2, 0.25) is 0 Å². The Labute approximate surface area is 195 Å². The molecule has 3 aromatic rings. The zero-order valence-corrected chi connectivity index (χ0v) is 19.4. The Hall–Kier alpha value is -3.02. The van der Waals surface area contributed by atoms with Gasteiger partial charge in [0.05, 0.1) is 14.2 Å². The maximum Gasteiger partial charge on any atom is 0.190 e. The fourth-order valence-corrected chi connectivity index (χ4v) is 5.82. The Morgan fingerprint density at radius 2 is 1.18 bits per heavy atom. The van der Waals surface area contributed by atoms with Crippen LogP contribution in [0.1, 0.15) is 30.4 Å².